The largest absolute Gasteiger partial charge is 0.496 e. The maximum absolute atomic E-state index is 12.5. The number of carbonyl (C=O) groups excluding carboxylic acids is 1. The number of nitrogens with one attached hydrogen (secondary N) is 1. The molecule has 0 atom stereocenters. The molecule has 0 spiro atoms. The van der Waals surface area contributed by atoms with Crippen molar-refractivity contribution in [2.75, 3.05) is 7.11 Å². The molecule has 1 N–H and O–H groups in total. The lowest BCUT2D eigenvalue weighted by Crippen LogP contribution is -2.32. The molecular weight excluding hydrogens is 338 g/mol. The number of methoxy groups -OCH3 is 1. The number of amides is 1. The van der Waals surface area contributed by atoms with Crippen molar-refractivity contribution >= 4 is 17.5 Å². The molecule has 1 aliphatic rings. The van der Waals surface area contributed by atoms with Crippen LogP contribution in [-0.2, 0) is 6.61 Å². The van der Waals surface area contributed by atoms with Crippen molar-refractivity contribution in [2.45, 2.75) is 38.3 Å². The lowest BCUT2D eigenvalue weighted by Gasteiger charge is -2.14. The molecule has 0 unspecified atom stereocenters. The van der Waals surface area contributed by atoms with E-state index in [9.17, 15) is 4.79 Å². The second-order valence-corrected chi connectivity index (χ2v) is 6.66. The third-order valence-electron chi connectivity index (χ3n) is 4.44. The second-order valence-electron chi connectivity index (χ2n) is 6.22. The molecule has 0 aromatic heterocycles. The van der Waals surface area contributed by atoms with E-state index in [1.807, 2.05) is 24.3 Å². The third-order valence-corrected chi connectivity index (χ3v) is 4.69. The van der Waals surface area contributed by atoms with Crippen LogP contribution >= 0.6 is 11.6 Å². The summed E-state index contributed by atoms with van der Waals surface area (Å²) in [5.41, 5.74) is 1.46. The molecule has 0 radical (unpaired) electrons. The Morgan fingerprint density at radius 1 is 1.16 bits per heavy atom. The molecule has 0 aliphatic heterocycles. The molecule has 0 saturated heterocycles. The minimum Gasteiger partial charge on any atom is -0.496 e. The van der Waals surface area contributed by atoms with Crippen molar-refractivity contribution in [3.05, 3.63) is 58.6 Å². The number of hydrogen-bond donors (Lipinski definition) is 1. The molecule has 1 saturated carbocycles. The van der Waals surface area contributed by atoms with Gasteiger partial charge in [0.2, 0.25) is 0 Å². The van der Waals surface area contributed by atoms with Gasteiger partial charge in [0.1, 0.15) is 18.1 Å². The van der Waals surface area contributed by atoms with Gasteiger partial charge in [-0.3, -0.25) is 4.79 Å². The van der Waals surface area contributed by atoms with Crippen molar-refractivity contribution in [1.82, 2.24) is 5.32 Å². The molecule has 1 aliphatic carbocycles. The van der Waals surface area contributed by atoms with Crippen molar-refractivity contribution in [3.8, 4) is 11.5 Å². The average molecular weight is 360 g/mol. The summed E-state index contributed by atoms with van der Waals surface area (Å²) in [6.45, 7) is 0.315. The van der Waals surface area contributed by atoms with E-state index in [1.165, 1.54) is 12.8 Å². The second kappa shape index (κ2) is 8.26. The normalized spacial score (nSPS) is 14.3. The fourth-order valence-electron chi connectivity index (χ4n) is 3.06. The van der Waals surface area contributed by atoms with E-state index in [4.69, 9.17) is 21.1 Å². The first-order chi connectivity index (χ1) is 12.2. The summed E-state index contributed by atoms with van der Waals surface area (Å²) in [7, 11) is 1.61. The van der Waals surface area contributed by atoms with E-state index in [1.54, 1.807) is 25.3 Å². The van der Waals surface area contributed by atoms with Crippen LogP contribution in [-0.4, -0.2) is 19.1 Å². The number of rotatable bonds is 6. The first kappa shape index (κ1) is 17.6. The molecule has 1 fully saturated rings. The van der Waals surface area contributed by atoms with E-state index in [2.05, 4.69) is 5.32 Å². The summed E-state index contributed by atoms with van der Waals surface area (Å²) >= 11 is 5.88. The number of benzene rings is 2. The average Bonchev–Trinajstić information content (AvgIpc) is 3.14. The van der Waals surface area contributed by atoms with Gasteiger partial charge < -0.3 is 14.8 Å². The van der Waals surface area contributed by atoms with Gasteiger partial charge in [-0.25, -0.2) is 0 Å². The highest BCUT2D eigenvalue weighted by atomic mass is 35.5. The molecule has 25 heavy (non-hydrogen) atoms. The summed E-state index contributed by atoms with van der Waals surface area (Å²) in [5, 5.41) is 3.77. The molecule has 132 valence electrons. The van der Waals surface area contributed by atoms with Crippen LogP contribution in [0.1, 0.15) is 41.6 Å². The van der Waals surface area contributed by atoms with Crippen LogP contribution in [0.25, 0.3) is 0 Å². The summed E-state index contributed by atoms with van der Waals surface area (Å²) in [6.07, 6.45) is 4.50. The van der Waals surface area contributed by atoms with E-state index < -0.39 is 0 Å². The van der Waals surface area contributed by atoms with Crippen LogP contribution in [0, 0.1) is 0 Å². The standard InChI is InChI=1S/C20H22ClNO3/c1-24-19-11-6-14(20(23)22-17-4-2-3-5-17)12-15(19)13-25-18-9-7-16(21)8-10-18/h6-12,17H,2-5,13H2,1H3,(H,22,23). The molecular formula is C20H22ClNO3. The van der Waals surface area contributed by atoms with Crippen LogP contribution in [0.5, 0.6) is 11.5 Å². The van der Waals surface area contributed by atoms with Crippen molar-refractivity contribution in [3.63, 3.8) is 0 Å². The number of hydrogen-bond acceptors (Lipinski definition) is 3. The highest BCUT2D eigenvalue weighted by Crippen LogP contribution is 2.24. The monoisotopic (exact) mass is 359 g/mol. The first-order valence-corrected chi connectivity index (χ1v) is 8.89. The van der Waals surface area contributed by atoms with E-state index >= 15 is 0 Å². The highest BCUT2D eigenvalue weighted by molar-refractivity contribution is 6.30. The zero-order chi connectivity index (χ0) is 17.6. The van der Waals surface area contributed by atoms with Crippen LogP contribution in [0.3, 0.4) is 0 Å². The molecule has 4 nitrogen and oxygen atoms in total. The zero-order valence-corrected chi connectivity index (χ0v) is 15.0. The Kier molecular flexibility index (Phi) is 5.82. The molecule has 2 aromatic rings. The van der Waals surface area contributed by atoms with Crippen molar-refractivity contribution in [2.24, 2.45) is 0 Å². The number of ether oxygens (including phenoxy) is 2. The Morgan fingerprint density at radius 2 is 1.88 bits per heavy atom. The van der Waals surface area contributed by atoms with Gasteiger partial charge in [-0.1, -0.05) is 24.4 Å². The minimum absolute atomic E-state index is 0.0395. The van der Waals surface area contributed by atoms with E-state index in [0.717, 1.165) is 18.4 Å². The molecule has 0 bridgehead atoms. The summed E-state index contributed by atoms with van der Waals surface area (Å²) < 4.78 is 11.2. The van der Waals surface area contributed by atoms with Gasteiger partial charge in [0.25, 0.3) is 5.91 Å². The van der Waals surface area contributed by atoms with Gasteiger partial charge in [0, 0.05) is 22.2 Å². The van der Waals surface area contributed by atoms with Gasteiger partial charge in [-0.15, -0.1) is 0 Å². The van der Waals surface area contributed by atoms with Crippen LogP contribution in [0.4, 0.5) is 0 Å². The van der Waals surface area contributed by atoms with Gasteiger partial charge in [0.05, 0.1) is 7.11 Å². The Labute approximate surface area is 153 Å². The van der Waals surface area contributed by atoms with Crippen LogP contribution in [0.2, 0.25) is 5.02 Å². The Hall–Kier alpha value is -2.20. The summed E-state index contributed by atoms with van der Waals surface area (Å²) in [5.74, 6) is 1.38. The quantitative estimate of drug-likeness (QED) is 0.819. The van der Waals surface area contributed by atoms with Crippen molar-refractivity contribution < 1.29 is 14.3 Å². The lowest BCUT2D eigenvalue weighted by atomic mass is 10.1. The molecule has 5 heteroatoms. The van der Waals surface area contributed by atoms with E-state index in [0.29, 0.717) is 34.7 Å². The van der Waals surface area contributed by atoms with Crippen LogP contribution < -0.4 is 14.8 Å². The molecule has 1 amide bonds. The molecule has 2 aromatic carbocycles. The van der Waals surface area contributed by atoms with Gasteiger partial charge >= 0.3 is 0 Å². The summed E-state index contributed by atoms with van der Waals surface area (Å²) in [6, 6.07) is 12.9. The summed E-state index contributed by atoms with van der Waals surface area (Å²) in [4.78, 5) is 12.5. The van der Waals surface area contributed by atoms with Crippen molar-refractivity contribution in [1.29, 1.82) is 0 Å². The maximum Gasteiger partial charge on any atom is 0.251 e. The first-order valence-electron chi connectivity index (χ1n) is 8.52. The minimum atomic E-state index is -0.0395. The van der Waals surface area contributed by atoms with Gasteiger partial charge in [0.15, 0.2) is 0 Å². The fourth-order valence-corrected chi connectivity index (χ4v) is 3.19. The third kappa shape index (κ3) is 4.67. The predicted octanol–water partition coefficient (Wildman–Crippen LogP) is 4.60. The van der Waals surface area contributed by atoms with E-state index in [-0.39, 0.29) is 5.91 Å². The Balaban J connectivity index is 1.70. The zero-order valence-electron chi connectivity index (χ0n) is 14.3. The highest BCUT2D eigenvalue weighted by Gasteiger charge is 2.18. The fraction of sp³-hybridized carbons (Fsp3) is 0.350. The molecule has 0 heterocycles. The smallest absolute Gasteiger partial charge is 0.251 e. The Morgan fingerprint density at radius 3 is 2.56 bits per heavy atom. The topological polar surface area (TPSA) is 47.6 Å². The predicted molar refractivity (Wildman–Crippen MR) is 98.5 cm³/mol. The Bertz CT molecular complexity index is 724. The lowest BCUT2D eigenvalue weighted by molar-refractivity contribution is 0.0937. The number of halogens is 1. The number of carbonyl (C=O) groups is 1. The van der Waals surface area contributed by atoms with Gasteiger partial charge in [-0.05, 0) is 55.3 Å². The SMILES string of the molecule is COc1ccc(C(=O)NC2CCCC2)cc1COc1ccc(Cl)cc1. The van der Waals surface area contributed by atoms with Crippen LogP contribution in [0.15, 0.2) is 42.5 Å². The maximum atomic E-state index is 12.5. The molecule has 3 rings (SSSR count). The van der Waals surface area contributed by atoms with Gasteiger partial charge in [-0.2, -0.15) is 0 Å².